The number of hydrogen-bond acceptors (Lipinski definition) is 6. The van der Waals surface area contributed by atoms with Crippen molar-refractivity contribution in [3.8, 4) is 0 Å². The van der Waals surface area contributed by atoms with Crippen molar-refractivity contribution in [2.45, 2.75) is 45.5 Å². The van der Waals surface area contributed by atoms with E-state index < -0.39 is 40.7 Å². The number of hydrogen-bond donors (Lipinski definition) is 2. The van der Waals surface area contributed by atoms with E-state index in [-0.39, 0.29) is 43.0 Å². The number of pyridine rings is 1. The van der Waals surface area contributed by atoms with Crippen molar-refractivity contribution in [1.29, 1.82) is 0 Å². The summed E-state index contributed by atoms with van der Waals surface area (Å²) in [7, 11) is 1.98. The normalized spacial score (nSPS) is 20.0. The van der Waals surface area contributed by atoms with Crippen LogP contribution in [0.4, 0.5) is 33.7 Å². The van der Waals surface area contributed by atoms with Crippen LogP contribution in [-0.4, -0.2) is 78.7 Å². The average molecular weight is 580 g/mol. The fourth-order valence-electron chi connectivity index (χ4n) is 5.15. The third-order valence-corrected chi connectivity index (χ3v) is 7.59. The first kappa shape index (κ1) is 30.1. The molecule has 1 saturated heterocycles. The largest absolute Gasteiger partial charge is 0.450 e. The van der Waals surface area contributed by atoms with Crippen molar-refractivity contribution in [3.05, 3.63) is 63.3 Å². The Labute approximate surface area is 234 Å². The topological polar surface area (TPSA) is 98.0 Å². The number of anilines is 2. The lowest BCUT2D eigenvalue weighted by atomic mass is 9.97. The number of amides is 2. The molecule has 1 unspecified atom stereocenters. The molecular formula is C28H33F4N5O4. The van der Waals surface area contributed by atoms with Gasteiger partial charge in [0.15, 0.2) is 0 Å². The van der Waals surface area contributed by atoms with Gasteiger partial charge in [-0.25, -0.2) is 9.18 Å². The molecule has 2 atom stereocenters. The third-order valence-electron chi connectivity index (χ3n) is 7.59. The van der Waals surface area contributed by atoms with Crippen LogP contribution in [0.15, 0.2) is 35.3 Å². The van der Waals surface area contributed by atoms with E-state index in [9.17, 15) is 27.6 Å². The number of aromatic nitrogens is 1. The minimum absolute atomic E-state index is 0.0796. The second kappa shape index (κ2) is 11.9. The van der Waals surface area contributed by atoms with E-state index in [2.05, 4.69) is 15.2 Å². The van der Waals surface area contributed by atoms with E-state index in [0.29, 0.717) is 36.8 Å². The van der Waals surface area contributed by atoms with Crippen molar-refractivity contribution >= 4 is 28.9 Å². The highest BCUT2D eigenvalue weighted by Gasteiger charge is 2.36. The van der Waals surface area contributed by atoms with Crippen molar-refractivity contribution in [2.75, 3.05) is 50.1 Å². The fourth-order valence-corrected chi connectivity index (χ4v) is 5.15. The van der Waals surface area contributed by atoms with Gasteiger partial charge in [-0.05, 0) is 51.9 Å². The minimum Gasteiger partial charge on any atom is -0.450 e. The van der Waals surface area contributed by atoms with E-state index >= 15 is 4.39 Å². The van der Waals surface area contributed by atoms with Gasteiger partial charge >= 0.3 is 12.3 Å². The van der Waals surface area contributed by atoms with Gasteiger partial charge in [0.1, 0.15) is 5.82 Å². The van der Waals surface area contributed by atoms with E-state index in [0.717, 1.165) is 6.20 Å². The zero-order valence-electron chi connectivity index (χ0n) is 23.3. The SMILES string of the molecule is CCOC(=O)N1CC=C(c2cc(NC(=O)c3c[nH]c(=O)cc3C(F)(F)F)c(N3CC(C)N(C)[C@@H](C)C3)cc2F)CC1. The predicted octanol–water partition coefficient (Wildman–Crippen LogP) is 4.56. The van der Waals surface area contributed by atoms with Gasteiger partial charge in [-0.3, -0.25) is 14.5 Å². The van der Waals surface area contributed by atoms with Crippen LogP contribution in [0.3, 0.4) is 0 Å². The maximum atomic E-state index is 15.7. The average Bonchev–Trinajstić information content (AvgIpc) is 2.91. The van der Waals surface area contributed by atoms with Gasteiger partial charge in [-0.2, -0.15) is 13.2 Å². The summed E-state index contributed by atoms with van der Waals surface area (Å²) in [6.45, 7) is 7.39. The molecule has 222 valence electrons. The van der Waals surface area contributed by atoms with Gasteiger partial charge in [-0.15, -0.1) is 0 Å². The second-order valence-electron chi connectivity index (χ2n) is 10.3. The molecule has 0 radical (unpaired) electrons. The molecule has 2 aliphatic rings. The highest BCUT2D eigenvalue weighted by Crippen LogP contribution is 2.37. The first-order valence-corrected chi connectivity index (χ1v) is 13.3. The molecule has 0 spiro atoms. The zero-order valence-corrected chi connectivity index (χ0v) is 23.3. The highest BCUT2D eigenvalue weighted by atomic mass is 19.4. The lowest BCUT2D eigenvalue weighted by Gasteiger charge is -2.44. The Morgan fingerprint density at radius 1 is 1.15 bits per heavy atom. The van der Waals surface area contributed by atoms with E-state index in [1.807, 2.05) is 25.8 Å². The standard InChI is InChI=1S/C28H33F4N5O4/c1-5-41-27(40)36-8-6-18(7-9-36)19-10-23(24(12-22(19)29)37-14-16(2)35(4)17(3)15-37)34-26(39)20-13-33-25(38)11-21(20)28(30,31)32/h6,10-13,16-17H,5,7-9,14-15H2,1-4H3,(H,33,38)(H,34,39)/t16-,17?/m0/s1. The Hall–Kier alpha value is -3.87. The molecule has 1 aromatic heterocycles. The summed E-state index contributed by atoms with van der Waals surface area (Å²) < 4.78 is 61.7. The lowest BCUT2D eigenvalue weighted by Crippen LogP contribution is -2.55. The summed E-state index contributed by atoms with van der Waals surface area (Å²) in [6, 6.07) is 3.19. The molecule has 2 amide bonds. The number of alkyl halides is 3. The number of halogens is 4. The third kappa shape index (κ3) is 6.55. The molecule has 9 nitrogen and oxygen atoms in total. The number of carbonyl (C=O) groups excluding carboxylic acids is 2. The van der Waals surface area contributed by atoms with Crippen LogP contribution in [0.1, 0.15) is 48.7 Å². The number of carbonyl (C=O) groups is 2. The number of nitrogens with zero attached hydrogens (tertiary/aromatic N) is 3. The predicted molar refractivity (Wildman–Crippen MR) is 147 cm³/mol. The molecule has 0 saturated carbocycles. The van der Waals surface area contributed by atoms with Crippen molar-refractivity contribution in [2.24, 2.45) is 0 Å². The van der Waals surface area contributed by atoms with Crippen LogP contribution in [0.2, 0.25) is 0 Å². The van der Waals surface area contributed by atoms with Crippen molar-refractivity contribution < 1.29 is 31.9 Å². The minimum atomic E-state index is -4.95. The van der Waals surface area contributed by atoms with Gasteiger partial charge in [0.2, 0.25) is 5.56 Å². The first-order chi connectivity index (χ1) is 19.3. The number of piperazine rings is 1. The Balaban J connectivity index is 1.74. The number of rotatable bonds is 5. The quantitative estimate of drug-likeness (QED) is 0.505. The summed E-state index contributed by atoms with van der Waals surface area (Å²) >= 11 is 0. The first-order valence-electron chi connectivity index (χ1n) is 13.3. The summed E-state index contributed by atoms with van der Waals surface area (Å²) in [5.41, 5.74) is -1.93. The van der Waals surface area contributed by atoms with Crippen LogP contribution in [0, 0.1) is 5.82 Å². The lowest BCUT2D eigenvalue weighted by molar-refractivity contribution is -0.138. The number of nitrogens with one attached hydrogen (secondary N) is 2. The number of aromatic amines is 1. The van der Waals surface area contributed by atoms with Crippen molar-refractivity contribution in [1.82, 2.24) is 14.8 Å². The highest BCUT2D eigenvalue weighted by molar-refractivity contribution is 6.07. The molecule has 0 bridgehead atoms. The Morgan fingerprint density at radius 2 is 1.83 bits per heavy atom. The molecule has 1 fully saturated rings. The van der Waals surface area contributed by atoms with Gasteiger partial charge in [0.25, 0.3) is 5.91 Å². The Bertz CT molecular complexity index is 1390. The number of ether oxygens (including phenoxy) is 1. The molecule has 2 N–H and O–H groups in total. The summed E-state index contributed by atoms with van der Waals surface area (Å²) in [6.07, 6.45) is -2.71. The van der Waals surface area contributed by atoms with E-state index in [1.54, 1.807) is 13.0 Å². The summed E-state index contributed by atoms with van der Waals surface area (Å²) in [4.78, 5) is 44.6. The fraction of sp³-hybridized carbons (Fsp3) is 0.464. The van der Waals surface area contributed by atoms with Gasteiger partial charge in [-0.1, -0.05) is 6.08 Å². The van der Waals surface area contributed by atoms with Gasteiger partial charge in [0, 0.05) is 56.1 Å². The summed E-state index contributed by atoms with van der Waals surface area (Å²) in [5.74, 6) is -1.66. The molecular weight excluding hydrogens is 546 g/mol. The maximum Gasteiger partial charge on any atom is 0.417 e. The number of benzene rings is 1. The second-order valence-corrected chi connectivity index (χ2v) is 10.3. The smallest absolute Gasteiger partial charge is 0.417 e. The van der Waals surface area contributed by atoms with E-state index in [4.69, 9.17) is 4.74 Å². The van der Waals surface area contributed by atoms with Crippen LogP contribution >= 0.6 is 0 Å². The molecule has 2 aliphatic heterocycles. The number of likely N-dealkylation sites (N-methyl/N-ethyl adjacent to an activating group) is 1. The molecule has 2 aromatic rings. The monoisotopic (exact) mass is 579 g/mol. The molecule has 3 heterocycles. The maximum absolute atomic E-state index is 15.7. The van der Waals surface area contributed by atoms with Crippen molar-refractivity contribution in [3.63, 3.8) is 0 Å². The number of H-pyrrole nitrogens is 1. The van der Waals surface area contributed by atoms with Crippen LogP contribution in [0.5, 0.6) is 0 Å². The Kier molecular flexibility index (Phi) is 8.76. The van der Waals surface area contributed by atoms with E-state index in [1.165, 1.54) is 17.0 Å². The molecule has 1 aromatic carbocycles. The van der Waals surface area contributed by atoms with Crippen LogP contribution < -0.4 is 15.8 Å². The van der Waals surface area contributed by atoms with Crippen LogP contribution in [-0.2, 0) is 10.9 Å². The Morgan fingerprint density at radius 3 is 2.41 bits per heavy atom. The molecule has 13 heteroatoms. The molecule has 0 aliphatic carbocycles. The zero-order chi connectivity index (χ0) is 30.1. The van der Waals surface area contributed by atoms with Crippen LogP contribution in [0.25, 0.3) is 5.57 Å². The molecule has 4 rings (SSSR count). The van der Waals surface area contributed by atoms with Gasteiger partial charge < -0.3 is 24.8 Å². The molecule has 41 heavy (non-hydrogen) atoms. The summed E-state index contributed by atoms with van der Waals surface area (Å²) in [5, 5.41) is 2.55. The van der Waals surface area contributed by atoms with Gasteiger partial charge in [0.05, 0.1) is 29.1 Å².